The van der Waals surface area contributed by atoms with Crippen LogP contribution >= 0.6 is 0 Å². The minimum absolute atomic E-state index is 0.0293. The second-order valence-corrected chi connectivity index (χ2v) is 5.42. The van der Waals surface area contributed by atoms with Gasteiger partial charge in [0.05, 0.1) is 10.6 Å². The van der Waals surface area contributed by atoms with Crippen molar-refractivity contribution in [2.24, 2.45) is 0 Å². The molecule has 1 aliphatic rings. The summed E-state index contributed by atoms with van der Waals surface area (Å²) in [6, 6.07) is 7.03. The summed E-state index contributed by atoms with van der Waals surface area (Å²) in [5, 5.41) is 10.6. The highest BCUT2D eigenvalue weighted by Gasteiger charge is 2.25. The van der Waals surface area contributed by atoms with E-state index in [2.05, 4.69) is 0 Å². The van der Waals surface area contributed by atoms with Crippen LogP contribution in [-0.4, -0.2) is 23.2 Å². The van der Waals surface area contributed by atoms with Crippen LogP contribution in [0.1, 0.15) is 37.0 Å². The molecule has 1 heterocycles. The molecule has 0 saturated heterocycles. The molecule has 0 atom stereocenters. The lowest BCUT2D eigenvalue weighted by molar-refractivity contribution is -0.424. The predicted molar refractivity (Wildman–Crippen MR) is 86.9 cm³/mol. The van der Waals surface area contributed by atoms with Crippen molar-refractivity contribution >= 4 is 17.4 Å². The van der Waals surface area contributed by atoms with Gasteiger partial charge in [-0.05, 0) is 31.6 Å². The number of para-hydroxylation sites is 1. The molecule has 0 fully saturated rings. The first-order chi connectivity index (χ1) is 10.9. The molecule has 0 radical (unpaired) electrons. The standard InChI is InChI=1S/C17H18N2O4/c1-12(9-10-13(2)19(22)23)17(21)18-11-5-8-16(20)14-6-3-4-7-15(14)18/h3-4,6-7,9-10H,5,8,11H2,1-2H3/b12-9+,13-10+. The molecule has 0 aromatic heterocycles. The van der Waals surface area contributed by atoms with E-state index < -0.39 is 4.92 Å². The van der Waals surface area contributed by atoms with Crippen molar-refractivity contribution in [3.8, 4) is 0 Å². The molecule has 0 saturated carbocycles. The highest BCUT2D eigenvalue weighted by molar-refractivity contribution is 6.11. The van der Waals surface area contributed by atoms with Crippen LogP contribution in [0.25, 0.3) is 0 Å². The van der Waals surface area contributed by atoms with Crippen molar-refractivity contribution in [2.75, 3.05) is 11.4 Å². The quantitative estimate of drug-likeness (QED) is 0.371. The third-order valence-electron chi connectivity index (χ3n) is 3.73. The lowest BCUT2D eigenvalue weighted by Crippen LogP contribution is -2.32. The zero-order valence-electron chi connectivity index (χ0n) is 13.1. The fourth-order valence-corrected chi connectivity index (χ4v) is 2.40. The predicted octanol–water partition coefficient (Wildman–Crippen LogP) is 3.12. The average molecular weight is 314 g/mol. The van der Waals surface area contributed by atoms with Crippen molar-refractivity contribution in [2.45, 2.75) is 26.7 Å². The zero-order valence-corrected chi connectivity index (χ0v) is 13.1. The highest BCUT2D eigenvalue weighted by Crippen LogP contribution is 2.27. The summed E-state index contributed by atoms with van der Waals surface area (Å²) in [5.41, 5.74) is 1.49. The number of carbonyl (C=O) groups excluding carboxylic acids is 2. The molecular formula is C17H18N2O4. The third kappa shape index (κ3) is 3.71. The first-order valence-corrected chi connectivity index (χ1v) is 7.35. The van der Waals surface area contributed by atoms with Gasteiger partial charge in [-0.15, -0.1) is 0 Å². The third-order valence-corrected chi connectivity index (χ3v) is 3.73. The zero-order chi connectivity index (χ0) is 17.0. The summed E-state index contributed by atoms with van der Waals surface area (Å²) >= 11 is 0. The molecule has 120 valence electrons. The lowest BCUT2D eigenvalue weighted by Gasteiger charge is -2.22. The van der Waals surface area contributed by atoms with Crippen molar-refractivity contribution in [3.05, 3.63) is 63.4 Å². The molecule has 0 aliphatic carbocycles. The summed E-state index contributed by atoms with van der Waals surface area (Å²) in [7, 11) is 0. The molecule has 23 heavy (non-hydrogen) atoms. The maximum atomic E-state index is 12.6. The second kappa shape index (κ2) is 7.00. The van der Waals surface area contributed by atoms with Gasteiger partial charge in [0.1, 0.15) is 0 Å². The number of amides is 1. The number of rotatable bonds is 3. The van der Waals surface area contributed by atoms with E-state index in [1.165, 1.54) is 19.1 Å². The van der Waals surface area contributed by atoms with E-state index >= 15 is 0 Å². The largest absolute Gasteiger partial charge is 0.308 e. The highest BCUT2D eigenvalue weighted by atomic mass is 16.6. The molecule has 1 aromatic carbocycles. The number of carbonyl (C=O) groups is 2. The Morgan fingerprint density at radius 1 is 1.26 bits per heavy atom. The Balaban J connectivity index is 2.34. The van der Waals surface area contributed by atoms with E-state index in [1.54, 1.807) is 36.1 Å². The van der Waals surface area contributed by atoms with Crippen LogP contribution in [0.3, 0.4) is 0 Å². The number of nitro groups is 1. The number of allylic oxidation sites excluding steroid dienone is 3. The van der Waals surface area contributed by atoms with E-state index in [0.29, 0.717) is 36.2 Å². The van der Waals surface area contributed by atoms with Crippen LogP contribution < -0.4 is 4.90 Å². The Hall–Kier alpha value is -2.76. The molecular weight excluding hydrogens is 296 g/mol. The number of Topliss-reactive ketones (excluding diaryl/α,β-unsaturated/α-hetero) is 1. The Morgan fingerprint density at radius 2 is 1.96 bits per heavy atom. The summed E-state index contributed by atoms with van der Waals surface area (Å²) < 4.78 is 0. The van der Waals surface area contributed by atoms with Gasteiger partial charge in [-0.3, -0.25) is 19.7 Å². The molecule has 0 spiro atoms. The molecule has 1 aliphatic heterocycles. The van der Waals surface area contributed by atoms with Gasteiger partial charge in [-0.2, -0.15) is 0 Å². The number of hydrogen-bond donors (Lipinski definition) is 0. The Morgan fingerprint density at radius 3 is 2.65 bits per heavy atom. The Kier molecular flexibility index (Phi) is 5.05. The molecule has 0 bridgehead atoms. The van der Waals surface area contributed by atoms with Gasteiger partial charge >= 0.3 is 0 Å². The second-order valence-electron chi connectivity index (χ2n) is 5.42. The van der Waals surface area contributed by atoms with Gasteiger partial charge in [0.15, 0.2) is 5.78 Å². The van der Waals surface area contributed by atoms with Crippen LogP contribution in [0.2, 0.25) is 0 Å². The Labute approximate surface area is 134 Å². The van der Waals surface area contributed by atoms with Gasteiger partial charge in [-0.1, -0.05) is 12.1 Å². The number of anilines is 1. The van der Waals surface area contributed by atoms with E-state index in [4.69, 9.17) is 0 Å². The first kappa shape index (κ1) is 16.6. The van der Waals surface area contributed by atoms with Crippen molar-refractivity contribution in [1.82, 2.24) is 0 Å². The molecule has 1 aromatic rings. The van der Waals surface area contributed by atoms with Crippen molar-refractivity contribution in [1.29, 1.82) is 0 Å². The molecule has 6 heteroatoms. The molecule has 1 amide bonds. The summed E-state index contributed by atoms with van der Waals surface area (Å²) in [5.74, 6) is -0.221. The minimum atomic E-state index is -0.506. The fraction of sp³-hybridized carbons (Fsp3) is 0.294. The van der Waals surface area contributed by atoms with E-state index in [1.807, 2.05) is 0 Å². The number of hydrogen-bond acceptors (Lipinski definition) is 4. The van der Waals surface area contributed by atoms with Gasteiger partial charge < -0.3 is 4.90 Å². The maximum Gasteiger partial charge on any atom is 0.253 e. The summed E-state index contributed by atoms with van der Waals surface area (Å²) in [6.45, 7) is 3.43. The van der Waals surface area contributed by atoms with Gasteiger partial charge in [0, 0.05) is 37.1 Å². The van der Waals surface area contributed by atoms with Crippen LogP contribution in [0.4, 0.5) is 5.69 Å². The van der Waals surface area contributed by atoms with Crippen LogP contribution in [0, 0.1) is 10.1 Å². The van der Waals surface area contributed by atoms with Crippen LogP contribution in [0.5, 0.6) is 0 Å². The van der Waals surface area contributed by atoms with Gasteiger partial charge in [-0.25, -0.2) is 0 Å². The molecule has 6 nitrogen and oxygen atoms in total. The van der Waals surface area contributed by atoms with Crippen LogP contribution in [-0.2, 0) is 4.79 Å². The molecule has 2 rings (SSSR count). The Bertz CT molecular complexity index is 719. The van der Waals surface area contributed by atoms with Crippen molar-refractivity contribution < 1.29 is 14.5 Å². The first-order valence-electron chi connectivity index (χ1n) is 7.35. The summed E-state index contributed by atoms with van der Waals surface area (Å²) in [4.78, 5) is 36.4. The number of fused-ring (bicyclic) bond motifs is 1. The fourth-order valence-electron chi connectivity index (χ4n) is 2.40. The van der Waals surface area contributed by atoms with Crippen LogP contribution in [0.15, 0.2) is 47.7 Å². The maximum absolute atomic E-state index is 12.6. The van der Waals surface area contributed by atoms with Gasteiger partial charge in [0.2, 0.25) is 5.70 Å². The smallest absolute Gasteiger partial charge is 0.253 e. The number of ketones is 1. The van der Waals surface area contributed by atoms with Gasteiger partial charge in [0.25, 0.3) is 5.91 Å². The van der Waals surface area contributed by atoms with E-state index in [-0.39, 0.29) is 17.4 Å². The minimum Gasteiger partial charge on any atom is -0.308 e. The average Bonchev–Trinajstić information content (AvgIpc) is 2.71. The normalized spacial score (nSPS) is 15.9. The SMILES string of the molecule is C/C(=C\C=C(/C)[N+](=O)[O-])C(=O)N1CCCC(=O)c2ccccc21. The van der Waals surface area contributed by atoms with E-state index in [9.17, 15) is 19.7 Å². The lowest BCUT2D eigenvalue weighted by atomic mass is 10.1. The number of benzene rings is 1. The number of nitrogens with zero attached hydrogens (tertiary/aromatic N) is 2. The van der Waals surface area contributed by atoms with Crippen molar-refractivity contribution in [3.63, 3.8) is 0 Å². The topological polar surface area (TPSA) is 80.5 Å². The molecule has 0 unspecified atom stereocenters. The summed E-state index contributed by atoms with van der Waals surface area (Å²) in [6.07, 6.45) is 3.75. The monoisotopic (exact) mass is 314 g/mol. The molecule has 0 N–H and O–H groups in total. The van der Waals surface area contributed by atoms with E-state index in [0.717, 1.165) is 0 Å².